The largest absolute Gasteiger partial charge is 0.492 e. The maximum absolute atomic E-state index is 5.49. The quantitative estimate of drug-likeness (QED) is 0.865. The highest BCUT2D eigenvalue weighted by Gasteiger charge is 2.06. The van der Waals surface area contributed by atoms with Gasteiger partial charge in [0.1, 0.15) is 12.4 Å². The number of hydrogen-bond acceptors (Lipinski definition) is 5. The Morgan fingerprint density at radius 2 is 2.00 bits per heavy atom. The molecule has 0 unspecified atom stereocenters. The Kier molecular flexibility index (Phi) is 4.09. The summed E-state index contributed by atoms with van der Waals surface area (Å²) in [5, 5.41) is 0. The predicted octanol–water partition coefficient (Wildman–Crippen LogP) is 1.58. The molecule has 18 heavy (non-hydrogen) atoms. The summed E-state index contributed by atoms with van der Waals surface area (Å²) >= 11 is 0. The molecule has 5 heteroatoms. The number of hydrogen-bond donors (Lipinski definition) is 1. The first-order valence-corrected chi connectivity index (χ1v) is 5.75. The molecule has 0 fully saturated rings. The molecular formula is C13H16N4O. The third-order valence-corrected chi connectivity index (χ3v) is 2.44. The second-order valence-corrected chi connectivity index (χ2v) is 3.74. The van der Waals surface area contributed by atoms with E-state index in [0.29, 0.717) is 19.1 Å². The van der Waals surface area contributed by atoms with Crippen molar-refractivity contribution >= 4 is 11.6 Å². The van der Waals surface area contributed by atoms with E-state index >= 15 is 0 Å². The zero-order valence-corrected chi connectivity index (χ0v) is 10.3. The smallest absolute Gasteiger partial charge is 0.229 e. The lowest BCUT2D eigenvalue weighted by atomic mass is 10.3. The highest BCUT2D eigenvalue weighted by atomic mass is 16.5. The van der Waals surface area contributed by atoms with Gasteiger partial charge in [0, 0.05) is 37.7 Å². The molecule has 94 valence electrons. The van der Waals surface area contributed by atoms with E-state index in [4.69, 9.17) is 10.5 Å². The molecule has 0 amide bonds. The van der Waals surface area contributed by atoms with Crippen LogP contribution in [-0.4, -0.2) is 30.2 Å². The molecule has 5 nitrogen and oxygen atoms in total. The van der Waals surface area contributed by atoms with Gasteiger partial charge in [-0.15, -0.1) is 0 Å². The minimum Gasteiger partial charge on any atom is -0.492 e. The van der Waals surface area contributed by atoms with Gasteiger partial charge in [-0.2, -0.15) is 0 Å². The van der Waals surface area contributed by atoms with Crippen LogP contribution in [0.5, 0.6) is 5.75 Å². The highest BCUT2D eigenvalue weighted by molar-refractivity contribution is 5.58. The average molecular weight is 244 g/mol. The number of nitrogens with zero attached hydrogens (tertiary/aromatic N) is 3. The summed E-state index contributed by atoms with van der Waals surface area (Å²) in [5.74, 6) is 1.44. The van der Waals surface area contributed by atoms with E-state index in [1.807, 2.05) is 36.2 Å². The van der Waals surface area contributed by atoms with Crippen LogP contribution in [0.15, 0.2) is 42.7 Å². The molecule has 0 saturated carbocycles. The van der Waals surface area contributed by atoms with E-state index < -0.39 is 0 Å². The third kappa shape index (κ3) is 2.95. The van der Waals surface area contributed by atoms with Crippen LogP contribution in [0.3, 0.4) is 0 Å². The summed E-state index contributed by atoms with van der Waals surface area (Å²) in [7, 11) is 1.91. The van der Waals surface area contributed by atoms with E-state index in [9.17, 15) is 0 Å². The maximum atomic E-state index is 5.49. The van der Waals surface area contributed by atoms with Gasteiger partial charge >= 0.3 is 0 Å². The van der Waals surface area contributed by atoms with E-state index in [1.54, 1.807) is 18.5 Å². The van der Waals surface area contributed by atoms with Crippen molar-refractivity contribution in [3.8, 4) is 5.75 Å². The van der Waals surface area contributed by atoms with Crippen LogP contribution in [0, 0.1) is 0 Å². The number of anilines is 2. The monoisotopic (exact) mass is 244 g/mol. The molecule has 0 bridgehead atoms. The molecule has 0 aliphatic carbocycles. The fourth-order valence-corrected chi connectivity index (χ4v) is 1.54. The van der Waals surface area contributed by atoms with Crippen LogP contribution in [0.2, 0.25) is 0 Å². The summed E-state index contributed by atoms with van der Waals surface area (Å²) < 4.78 is 5.49. The Labute approximate surface area is 106 Å². The number of rotatable bonds is 5. The molecule has 0 spiro atoms. The molecule has 0 aliphatic heterocycles. The second-order valence-electron chi connectivity index (χ2n) is 3.74. The summed E-state index contributed by atoms with van der Waals surface area (Å²) in [6.07, 6.45) is 3.43. The molecule has 2 N–H and O–H groups in total. The van der Waals surface area contributed by atoms with Gasteiger partial charge in [-0.05, 0) is 18.2 Å². The lowest BCUT2D eigenvalue weighted by Crippen LogP contribution is -2.13. The zero-order valence-electron chi connectivity index (χ0n) is 10.3. The molecule has 0 aliphatic rings. The van der Waals surface area contributed by atoms with E-state index in [0.717, 1.165) is 11.4 Å². The highest BCUT2D eigenvalue weighted by Crippen LogP contribution is 2.23. The standard InChI is InChI=1S/C13H16N4O/c1-17(13-15-7-3-8-16-13)11-4-2-5-12(10-11)18-9-6-14/h2-5,7-8,10H,6,9,14H2,1H3. The topological polar surface area (TPSA) is 64.3 Å². The fraction of sp³-hybridized carbons (Fsp3) is 0.231. The molecule has 0 atom stereocenters. The molecule has 0 radical (unpaired) electrons. The number of aromatic nitrogens is 2. The van der Waals surface area contributed by atoms with Crippen molar-refractivity contribution in [1.29, 1.82) is 0 Å². The van der Waals surface area contributed by atoms with Gasteiger partial charge in [0.15, 0.2) is 0 Å². The van der Waals surface area contributed by atoms with Gasteiger partial charge < -0.3 is 15.4 Å². The molecule has 1 heterocycles. The van der Waals surface area contributed by atoms with E-state index in [1.165, 1.54) is 0 Å². The minimum atomic E-state index is 0.502. The van der Waals surface area contributed by atoms with Crippen molar-refractivity contribution in [3.05, 3.63) is 42.7 Å². The van der Waals surface area contributed by atoms with Crippen LogP contribution >= 0.6 is 0 Å². The van der Waals surface area contributed by atoms with Crippen LogP contribution in [-0.2, 0) is 0 Å². The van der Waals surface area contributed by atoms with Crippen molar-refractivity contribution in [2.45, 2.75) is 0 Å². The fourth-order valence-electron chi connectivity index (χ4n) is 1.54. The SMILES string of the molecule is CN(c1cccc(OCCN)c1)c1ncccn1. The summed E-state index contributed by atoms with van der Waals surface area (Å²) in [6, 6.07) is 9.54. The molecule has 1 aromatic carbocycles. The lowest BCUT2D eigenvalue weighted by molar-refractivity contribution is 0.328. The van der Waals surface area contributed by atoms with E-state index in [-0.39, 0.29) is 0 Å². The molecule has 2 rings (SSSR count). The number of benzene rings is 1. The van der Waals surface area contributed by atoms with Crippen molar-refractivity contribution in [3.63, 3.8) is 0 Å². The van der Waals surface area contributed by atoms with Gasteiger partial charge in [0.25, 0.3) is 0 Å². The summed E-state index contributed by atoms with van der Waals surface area (Å²) in [4.78, 5) is 10.3. The molecule has 2 aromatic rings. The van der Waals surface area contributed by atoms with Gasteiger partial charge in [-0.3, -0.25) is 0 Å². The first kappa shape index (κ1) is 12.3. The van der Waals surface area contributed by atoms with Gasteiger partial charge in [-0.1, -0.05) is 6.07 Å². The number of ether oxygens (including phenoxy) is 1. The normalized spacial score (nSPS) is 10.1. The lowest BCUT2D eigenvalue weighted by Gasteiger charge is -2.17. The second kappa shape index (κ2) is 5.97. The predicted molar refractivity (Wildman–Crippen MR) is 71.1 cm³/mol. The first-order valence-electron chi connectivity index (χ1n) is 5.75. The van der Waals surface area contributed by atoms with Crippen LogP contribution in [0.25, 0.3) is 0 Å². The van der Waals surface area contributed by atoms with Gasteiger partial charge in [-0.25, -0.2) is 9.97 Å². The van der Waals surface area contributed by atoms with E-state index in [2.05, 4.69) is 9.97 Å². The first-order chi connectivity index (χ1) is 8.81. The van der Waals surface area contributed by atoms with Crippen LogP contribution in [0.4, 0.5) is 11.6 Å². The average Bonchev–Trinajstić information content (AvgIpc) is 2.45. The Hall–Kier alpha value is -2.14. The zero-order chi connectivity index (χ0) is 12.8. The van der Waals surface area contributed by atoms with Crippen LogP contribution in [0.1, 0.15) is 0 Å². The summed E-state index contributed by atoms with van der Waals surface area (Å²) in [6.45, 7) is 1.01. The third-order valence-electron chi connectivity index (χ3n) is 2.44. The van der Waals surface area contributed by atoms with Gasteiger partial charge in [0.05, 0.1) is 0 Å². The van der Waals surface area contributed by atoms with Crippen molar-refractivity contribution < 1.29 is 4.74 Å². The number of nitrogens with two attached hydrogens (primary N) is 1. The Morgan fingerprint density at radius 3 is 2.72 bits per heavy atom. The van der Waals surface area contributed by atoms with Gasteiger partial charge in [0.2, 0.25) is 5.95 Å². The maximum Gasteiger partial charge on any atom is 0.229 e. The molecule has 1 aromatic heterocycles. The van der Waals surface area contributed by atoms with Crippen molar-refractivity contribution in [1.82, 2.24) is 9.97 Å². The van der Waals surface area contributed by atoms with Crippen molar-refractivity contribution in [2.24, 2.45) is 5.73 Å². The van der Waals surface area contributed by atoms with Crippen molar-refractivity contribution in [2.75, 3.05) is 25.1 Å². The Morgan fingerprint density at radius 1 is 1.22 bits per heavy atom. The minimum absolute atomic E-state index is 0.502. The molecule has 0 saturated heterocycles. The molecular weight excluding hydrogens is 228 g/mol. The Bertz CT molecular complexity index is 489. The summed E-state index contributed by atoms with van der Waals surface area (Å²) in [5.41, 5.74) is 6.38. The Balaban J connectivity index is 2.17. The van der Waals surface area contributed by atoms with Crippen LogP contribution < -0.4 is 15.4 Å².